The van der Waals surface area contributed by atoms with E-state index in [0.717, 1.165) is 11.2 Å². The lowest BCUT2D eigenvalue weighted by atomic mass is 9.97. The van der Waals surface area contributed by atoms with Gasteiger partial charge in [-0.05, 0) is 24.5 Å². The fourth-order valence-electron chi connectivity index (χ4n) is 1.64. The van der Waals surface area contributed by atoms with Crippen LogP contribution in [-0.2, 0) is 0 Å². The first-order valence-corrected chi connectivity index (χ1v) is 5.34. The molecule has 0 spiro atoms. The van der Waals surface area contributed by atoms with Crippen molar-refractivity contribution < 1.29 is 0 Å². The van der Waals surface area contributed by atoms with Crippen LogP contribution in [0.25, 0.3) is 5.65 Å². The predicted octanol–water partition coefficient (Wildman–Crippen LogP) is 2.30. The molecule has 1 unspecified atom stereocenters. The minimum absolute atomic E-state index is 0.225. The number of aryl methyl sites for hydroxylation is 1. The molecule has 0 radical (unpaired) electrons. The molecule has 2 aromatic rings. The monoisotopic (exact) mass is 214 g/mol. The van der Waals surface area contributed by atoms with Crippen molar-refractivity contribution in [3.05, 3.63) is 29.7 Å². The van der Waals surface area contributed by atoms with Gasteiger partial charge in [-0.25, -0.2) is 9.50 Å². The standard InChI is InChI=1S/C12H14N4/c1-8(2)10(6-13)12-14-11-5-4-9(3)7-16(11)15-12/h4-5,7-8,10H,1-3H3. The summed E-state index contributed by atoms with van der Waals surface area (Å²) in [4.78, 5) is 4.38. The molecule has 0 fully saturated rings. The molecule has 0 aliphatic heterocycles. The van der Waals surface area contributed by atoms with Crippen LogP contribution in [0.3, 0.4) is 0 Å². The molecule has 0 saturated carbocycles. The minimum Gasteiger partial charge on any atom is -0.221 e. The third kappa shape index (κ3) is 1.76. The lowest BCUT2D eigenvalue weighted by Crippen LogP contribution is -2.06. The zero-order chi connectivity index (χ0) is 11.7. The molecule has 1 atom stereocenters. The third-order valence-corrected chi connectivity index (χ3v) is 2.58. The molecule has 4 heteroatoms. The van der Waals surface area contributed by atoms with E-state index in [1.54, 1.807) is 4.52 Å². The zero-order valence-corrected chi connectivity index (χ0v) is 9.68. The first-order valence-electron chi connectivity index (χ1n) is 5.34. The van der Waals surface area contributed by atoms with Crippen LogP contribution >= 0.6 is 0 Å². The van der Waals surface area contributed by atoms with E-state index in [4.69, 9.17) is 5.26 Å². The largest absolute Gasteiger partial charge is 0.221 e. The van der Waals surface area contributed by atoms with Gasteiger partial charge in [0.05, 0.1) is 6.07 Å². The molecular weight excluding hydrogens is 200 g/mol. The Bertz CT molecular complexity index is 548. The van der Waals surface area contributed by atoms with Crippen LogP contribution in [0.1, 0.15) is 31.2 Å². The van der Waals surface area contributed by atoms with Crippen molar-refractivity contribution in [3.63, 3.8) is 0 Å². The van der Waals surface area contributed by atoms with E-state index >= 15 is 0 Å². The molecule has 2 heterocycles. The predicted molar refractivity (Wildman–Crippen MR) is 60.9 cm³/mol. The minimum atomic E-state index is -0.236. The van der Waals surface area contributed by atoms with E-state index in [0.29, 0.717) is 5.82 Å². The Labute approximate surface area is 94.5 Å². The summed E-state index contributed by atoms with van der Waals surface area (Å²) in [6.45, 7) is 6.01. The van der Waals surface area contributed by atoms with Crippen molar-refractivity contribution in [3.8, 4) is 6.07 Å². The summed E-state index contributed by atoms with van der Waals surface area (Å²) >= 11 is 0. The molecule has 16 heavy (non-hydrogen) atoms. The summed E-state index contributed by atoms with van der Waals surface area (Å²) in [6, 6.07) is 6.16. The second-order valence-electron chi connectivity index (χ2n) is 4.33. The Morgan fingerprint density at radius 3 is 2.75 bits per heavy atom. The number of rotatable bonds is 2. The molecule has 2 aromatic heterocycles. The Hall–Kier alpha value is -1.89. The van der Waals surface area contributed by atoms with Gasteiger partial charge in [0, 0.05) is 6.20 Å². The molecule has 0 N–H and O–H groups in total. The quantitative estimate of drug-likeness (QED) is 0.770. The molecular formula is C12H14N4. The first-order chi connectivity index (χ1) is 7.61. The number of hydrogen-bond acceptors (Lipinski definition) is 3. The summed E-state index contributed by atoms with van der Waals surface area (Å²) in [6.07, 6.45) is 1.92. The second-order valence-corrected chi connectivity index (χ2v) is 4.33. The zero-order valence-electron chi connectivity index (χ0n) is 9.68. The van der Waals surface area contributed by atoms with Gasteiger partial charge in [-0.3, -0.25) is 0 Å². The molecule has 0 aliphatic carbocycles. The van der Waals surface area contributed by atoms with Crippen LogP contribution in [-0.4, -0.2) is 14.6 Å². The van der Waals surface area contributed by atoms with Crippen LogP contribution in [0.5, 0.6) is 0 Å². The van der Waals surface area contributed by atoms with Crippen molar-refractivity contribution in [2.45, 2.75) is 26.7 Å². The number of fused-ring (bicyclic) bond motifs is 1. The van der Waals surface area contributed by atoms with Crippen LogP contribution in [0.2, 0.25) is 0 Å². The number of pyridine rings is 1. The third-order valence-electron chi connectivity index (χ3n) is 2.58. The molecule has 0 saturated heterocycles. The highest BCUT2D eigenvalue weighted by atomic mass is 15.3. The molecule has 0 aromatic carbocycles. The van der Waals surface area contributed by atoms with Gasteiger partial charge >= 0.3 is 0 Å². The summed E-state index contributed by atoms with van der Waals surface area (Å²) in [7, 11) is 0. The maximum absolute atomic E-state index is 9.09. The second kappa shape index (κ2) is 3.93. The SMILES string of the molecule is Cc1ccc2nc(C(C#N)C(C)C)nn2c1. The Morgan fingerprint density at radius 2 is 2.12 bits per heavy atom. The highest BCUT2D eigenvalue weighted by molar-refractivity contribution is 5.39. The van der Waals surface area contributed by atoms with Crippen LogP contribution in [0, 0.1) is 24.2 Å². The topological polar surface area (TPSA) is 54.0 Å². The van der Waals surface area contributed by atoms with Crippen molar-refractivity contribution in [2.24, 2.45) is 5.92 Å². The molecule has 82 valence electrons. The first kappa shape index (κ1) is 10.6. The maximum Gasteiger partial charge on any atom is 0.169 e. The Balaban J connectivity index is 2.51. The maximum atomic E-state index is 9.09. The number of nitrogens with zero attached hydrogens (tertiary/aromatic N) is 4. The van der Waals surface area contributed by atoms with Gasteiger partial charge in [-0.1, -0.05) is 19.9 Å². The van der Waals surface area contributed by atoms with Gasteiger partial charge in [0.2, 0.25) is 0 Å². The van der Waals surface area contributed by atoms with Gasteiger partial charge in [-0.15, -0.1) is 5.10 Å². The Kier molecular flexibility index (Phi) is 2.61. The average molecular weight is 214 g/mol. The fourth-order valence-corrected chi connectivity index (χ4v) is 1.64. The van der Waals surface area contributed by atoms with Crippen molar-refractivity contribution in [2.75, 3.05) is 0 Å². The van der Waals surface area contributed by atoms with Crippen molar-refractivity contribution >= 4 is 5.65 Å². The van der Waals surface area contributed by atoms with E-state index in [1.807, 2.05) is 39.1 Å². The van der Waals surface area contributed by atoms with Crippen molar-refractivity contribution in [1.82, 2.24) is 14.6 Å². The van der Waals surface area contributed by atoms with Crippen LogP contribution < -0.4 is 0 Å². The van der Waals surface area contributed by atoms with Gasteiger partial charge < -0.3 is 0 Å². The lowest BCUT2D eigenvalue weighted by molar-refractivity contribution is 0.561. The molecule has 0 aliphatic rings. The molecule has 0 bridgehead atoms. The van der Waals surface area contributed by atoms with Gasteiger partial charge in [0.1, 0.15) is 5.92 Å². The van der Waals surface area contributed by atoms with E-state index in [2.05, 4.69) is 16.2 Å². The smallest absolute Gasteiger partial charge is 0.169 e. The van der Waals surface area contributed by atoms with Gasteiger partial charge in [0.15, 0.2) is 11.5 Å². The summed E-state index contributed by atoms with van der Waals surface area (Å²) in [5.41, 5.74) is 1.92. The summed E-state index contributed by atoms with van der Waals surface area (Å²) in [5.74, 6) is 0.604. The highest BCUT2D eigenvalue weighted by Gasteiger charge is 2.19. The highest BCUT2D eigenvalue weighted by Crippen LogP contribution is 2.20. The number of hydrogen-bond donors (Lipinski definition) is 0. The van der Waals surface area contributed by atoms with Crippen LogP contribution in [0.15, 0.2) is 18.3 Å². The molecule has 4 nitrogen and oxygen atoms in total. The molecule has 0 amide bonds. The molecule has 2 rings (SSSR count). The van der Waals surface area contributed by atoms with E-state index in [-0.39, 0.29) is 11.8 Å². The summed E-state index contributed by atoms with van der Waals surface area (Å²) in [5, 5.41) is 13.4. The van der Waals surface area contributed by atoms with E-state index < -0.39 is 0 Å². The summed E-state index contributed by atoms with van der Waals surface area (Å²) < 4.78 is 1.73. The van der Waals surface area contributed by atoms with E-state index in [1.165, 1.54) is 0 Å². The fraction of sp³-hybridized carbons (Fsp3) is 0.417. The van der Waals surface area contributed by atoms with Crippen molar-refractivity contribution in [1.29, 1.82) is 5.26 Å². The van der Waals surface area contributed by atoms with Gasteiger partial charge in [0.25, 0.3) is 0 Å². The average Bonchev–Trinajstić information content (AvgIpc) is 2.60. The van der Waals surface area contributed by atoms with Gasteiger partial charge in [-0.2, -0.15) is 5.26 Å². The normalized spacial score (nSPS) is 12.9. The number of aromatic nitrogens is 3. The lowest BCUT2D eigenvalue weighted by Gasteiger charge is -2.07. The van der Waals surface area contributed by atoms with Crippen LogP contribution in [0.4, 0.5) is 0 Å². The van der Waals surface area contributed by atoms with E-state index in [9.17, 15) is 0 Å². The number of nitriles is 1. The Morgan fingerprint density at radius 1 is 1.38 bits per heavy atom.